The van der Waals surface area contributed by atoms with E-state index in [4.69, 9.17) is 17.4 Å². The molecule has 3 rings (SSSR count). The standard InChI is InChI=1S/C13H10ClN3OS/c14-8-3-4-10-11(6-8)16-12(17(15)13(10)18)7-9-2-1-5-19-9/h1-6H,7,15H2. The SMILES string of the molecule is Nn1c(Cc2cccs2)nc2cc(Cl)ccc2c1=O. The van der Waals surface area contributed by atoms with Crippen LogP contribution in [0.2, 0.25) is 5.02 Å². The van der Waals surface area contributed by atoms with E-state index in [1.807, 2.05) is 17.5 Å². The average molecular weight is 292 g/mol. The summed E-state index contributed by atoms with van der Waals surface area (Å²) >= 11 is 7.53. The zero-order valence-electron chi connectivity index (χ0n) is 9.84. The molecule has 0 saturated carbocycles. The summed E-state index contributed by atoms with van der Waals surface area (Å²) in [7, 11) is 0. The Balaban J connectivity index is 2.19. The van der Waals surface area contributed by atoms with Crippen LogP contribution in [0.4, 0.5) is 0 Å². The lowest BCUT2D eigenvalue weighted by atomic mass is 10.2. The molecule has 2 aromatic heterocycles. The van der Waals surface area contributed by atoms with Crippen LogP contribution in [0, 0.1) is 0 Å². The highest BCUT2D eigenvalue weighted by Crippen LogP contribution is 2.17. The lowest BCUT2D eigenvalue weighted by Crippen LogP contribution is -2.31. The van der Waals surface area contributed by atoms with Crippen molar-refractivity contribution in [2.75, 3.05) is 5.84 Å². The molecule has 96 valence electrons. The number of nitrogens with zero attached hydrogens (tertiary/aromatic N) is 2. The molecule has 0 saturated heterocycles. The highest BCUT2D eigenvalue weighted by molar-refractivity contribution is 7.09. The highest BCUT2D eigenvalue weighted by Gasteiger charge is 2.10. The topological polar surface area (TPSA) is 60.9 Å². The van der Waals surface area contributed by atoms with Gasteiger partial charge in [-0.2, -0.15) is 0 Å². The van der Waals surface area contributed by atoms with Gasteiger partial charge in [-0.05, 0) is 29.6 Å². The van der Waals surface area contributed by atoms with Crippen LogP contribution in [0.5, 0.6) is 0 Å². The van der Waals surface area contributed by atoms with Gasteiger partial charge in [-0.15, -0.1) is 11.3 Å². The van der Waals surface area contributed by atoms with Crippen molar-refractivity contribution >= 4 is 33.8 Å². The summed E-state index contributed by atoms with van der Waals surface area (Å²) in [5.74, 6) is 6.35. The second-order valence-electron chi connectivity index (χ2n) is 4.12. The van der Waals surface area contributed by atoms with E-state index < -0.39 is 0 Å². The predicted octanol–water partition coefficient (Wildman–Crippen LogP) is 2.42. The van der Waals surface area contributed by atoms with Crippen molar-refractivity contribution in [2.45, 2.75) is 6.42 Å². The molecule has 0 aliphatic rings. The van der Waals surface area contributed by atoms with Crippen molar-refractivity contribution in [1.82, 2.24) is 9.66 Å². The lowest BCUT2D eigenvalue weighted by Gasteiger charge is -2.08. The number of thiophene rings is 1. The molecule has 3 aromatic rings. The first kappa shape index (κ1) is 12.2. The van der Waals surface area contributed by atoms with Gasteiger partial charge in [0.25, 0.3) is 5.56 Å². The molecular formula is C13H10ClN3OS. The summed E-state index contributed by atoms with van der Waals surface area (Å²) in [6, 6.07) is 8.92. The minimum atomic E-state index is -0.256. The second-order valence-corrected chi connectivity index (χ2v) is 5.59. The van der Waals surface area contributed by atoms with Crippen LogP contribution < -0.4 is 11.4 Å². The third kappa shape index (κ3) is 2.22. The van der Waals surface area contributed by atoms with Crippen molar-refractivity contribution < 1.29 is 0 Å². The van der Waals surface area contributed by atoms with Crippen molar-refractivity contribution in [3.63, 3.8) is 0 Å². The molecule has 4 nitrogen and oxygen atoms in total. The molecule has 0 bridgehead atoms. The average Bonchev–Trinajstić information content (AvgIpc) is 2.88. The van der Waals surface area contributed by atoms with Crippen molar-refractivity contribution in [1.29, 1.82) is 0 Å². The summed E-state index contributed by atoms with van der Waals surface area (Å²) in [5.41, 5.74) is 0.318. The Kier molecular flexibility index (Phi) is 3.00. The van der Waals surface area contributed by atoms with Gasteiger partial charge in [0.05, 0.1) is 10.9 Å². The van der Waals surface area contributed by atoms with E-state index >= 15 is 0 Å². The number of hydrogen-bond acceptors (Lipinski definition) is 4. The van der Waals surface area contributed by atoms with Crippen LogP contribution in [-0.2, 0) is 6.42 Å². The first-order valence-electron chi connectivity index (χ1n) is 5.64. The number of aromatic nitrogens is 2. The maximum Gasteiger partial charge on any atom is 0.279 e. The molecule has 2 heterocycles. The maximum atomic E-state index is 12.1. The van der Waals surface area contributed by atoms with E-state index in [1.54, 1.807) is 29.5 Å². The molecule has 2 N–H and O–H groups in total. The lowest BCUT2D eigenvalue weighted by molar-refractivity contribution is 0.819. The first-order chi connectivity index (χ1) is 9.15. The molecule has 0 fully saturated rings. The van der Waals surface area contributed by atoms with Gasteiger partial charge in [0.2, 0.25) is 0 Å². The molecule has 0 spiro atoms. The summed E-state index contributed by atoms with van der Waals surface area (Å²) in [4.78, 5) is 17.7. The first-order valence-corrected chi connectivity index (χ1v) is 6.89. The quantitative estimate of drug-likeness (QED) is 0.738. The summed E-state index contributed by atoms with van der Waals surface area (Å²) in [6.07, 6.45) is 0.534. The Labute approximate surface area is 118 Å². The van der Waals surface area contributed by atoms with Crippen molar-refractivity contribution in [3.8, 4) is 0 Å². The number of benzene rings is 1. The largest absolute Gasteiger partial charge is 0.335 e. The zero-order valence-corrected chi connectivity index (χ0v) is 11.4. The maximum absolute atomic E-state index is 12.1. The van der Waals surface area contributed by atoms with E-state index in [9.17, 15) is 4.79 Å². The number of fused-ring (bicyclic) bond motifs is 1. The van der Waals surface area contributed by atoms with Gasteiger partial charge in [0.1, 0.15) is 5.82 Å². The molecule has 0 unspecified atom stereocenters. The van der Waals surface area contributed by atoms with Crippen LogP contribution in [0.25, 0.3) is 10.9 Å². The predicted molar refractivity (Wildman–Crippen MR) is 78.3 cm³/mol. The fraction of sp³-hybridized carbons (Fsp3) is 0.0769. The highest BCUT2D eigenvalue weighted by atomic mass is 35.5. The second kappa shape index (κ2) is 4.68. The summed E-state index contributed by atoms with van der Waals surface area (Å²) in [5, 5.41) is 3.00. The molecule has 0 radical (unpaired) electrons. The molecule has 19 heavy (non-hydrogen) atoms. The fourth-order valence-corrected chi connectivity index (χ4v) is 2.78. The van der Waals surface area contributed by atoms with E-state index in [-0.39, 0.29) is 5.56 Å². The van der Waals surface area contributed by atoms with E-state index in [2.05, 4.69) is 4.98 Å². The Morgan fingerprint density at radius 1 is 1.37 bits per heavy atom. The molecule has 0 aliphatic heterocycles. The minimum absolute atomic E-state index is 0.256. The van der Waals surface area contributed by atoms with Crippen molar-refractivity contribution in [2.24, 2.45) is 0 Å². The third-order valence-electron chi connectivity index (χ3n) is 2.85. The van der Waals surface area contributed by atoms with Gasteiger partial charge < -0.3 is 5.84 Å². The van der Waals surface area contributed by atoms with Gasteiger partial charge >= 0.3 is 0 Å². The summed E-state index contributed by atoms with van der Waals surface area (Å²) in [6.45, 7) is 0. The van der Waals surface area contributed by atoms with Crippen LogP contribution >= 0.6 is 22.9 Å². The molecule has 0 aliphatic carbocycles. The van der Waals surface area contributed by atoms with Crippen LogP contribution in [0.1, 0.15) is 10.7 Å². The molecular weight excluding hydrogens is 282 g/mol. The normalized spacial score (nSPS) is 11.0. The number of hydrogen-bond donors (Lipinski definition) is 1. The minimum Gasteiger partial charge on any atom is -0.335 e. The van der Waals surface area contributed by atoms with Crippen LogP contribution in [-0.4, -0.2) is 9.66 Å². The van der Waals surface area contributed by atoms with E-state index in [0.717, 1.165) is 9.55 Å². The molecule has 0 amide bonds. The van der Waals surface area contributed by atoms with Crippen LogP contribution in [0.3, 0.4) is 0 Å². The monoisotopic (exact) mass is 291 g/mol. The van der Waals surface area contributed by atoms with Gasteiger partial charge in [-0.1, -0.05) is 17.7 Å². The Hall–Kier alpha value is -1.85. The number of halogens is 1. The van der Waals surface area contributed by atoms with Gasteiger partial charge in [-0.25, -0.2) is 9.66 Å². The smallest absolute Gasteiger partial charge is 0.279 e. The fourth-order valence-electron chi connectivity index (χ4n) is 1.91. The van der Waals surface area contributed by atoms with Gasteiger partial charge in [0.15, 0.2) is 0 Å². The number of rotatable bonds is 2. The van der Waals surface area contributed by atoms with E-state index in [1.165, 1.54) is 0 Å². The molecule has 0 atom stereocenters. The summed E-state index contributed by atoms with van der Waals surface area (Å²) < 4.78 is 1.11. The number of nitrogens with two attached hydrogens (primary N) is 1. The van der Waals surface area contributed by atoms with E-state index in [0.29, 0.717) is 28.2 Å². The van der Waals surface area contributed by atoms with Gasteiger partial charge in [-0.3, -0.25) is 4.79 Å². The third-order valence-corrected chi connectivity index (χ3v) is 3.96. The van der Waals surface area contributed by atoms with Gasteiger partial charge in [0, 0.05) is 16.3 Å². The molecule has 1 aromatic carbocycles. The Bertz CT molecular complexity index is 795. The zero-order chi connectivity index (χ0) is 13.4. The Morgan fingerprint density at radius 2 is 2.21 bits per heavy atom. The van der Waals surface area contributed by atoms with Crippen LogP contribution in [0.15, 0.2) is 40.5 Å². The number of nitrogen functional groups attached to an aromatic ring is 1. The van der Waals surface area contributed by atoms with Crippen molar-refractivity contribution in [3.05, 3.63) is 61.8 Å². The Morgan fingerprint density at radius 3 is 2.95 bits per heavy atom. The molecule has 6 heteroatoms.